The lowest BCUT2D eigenvalue weighted by Crippen LogP contribution is -2.27. The number of hydrogen-bond donors (Lipinski definition) is 2. The summed E-state index contributed by atoms with van der Waals surface area (Å²) >= 11 is 0. The maximum Gasteiger partial charge on any atom is 0.220 e. The molecule has 0 radical (unpaired) electrons. The Morgan fingerprint density at radius 2 is 2.00 bits per heavy atom. The van der Waals surface area contributed by atoms with Gasteiger partial charge in [-0.2, -0.15) is 0 Å². The summed E-state index contributed by atoms with van der Waals surface area (Å²) in [5.41, 5.74) is 8.07. The lowest BCUT2D eigenvalue weighted by molar-refractivity contribution is -0.121. The predicted octanol–water partition coefficient (Wildman–Crippen LogP) is 1.56. The van der Waals surface area contributed by atoms with E-state index in [1.54, 1.807) is 0 Å². The molecule has 1 rings (SSSR count). The lowest BCUT2D eigenvalue weighted by Gasteiger charge is -2.14. The molecule has 16 heavy (non-hydrogen) atoms. The van der Waals surface area contributed by atoms with Crippen molar-refractivity contribution in [1.82, 2.24) is 5.32 Å². The molecule has 0 aliphatic heterocycles. The van der Waals surface area contributed by atoms with Gasteiger partial charge in [-0.1, -0.05) is 29.8 Å². The van der Waals surface area contributed by atoms with Crippen LogP contribution >= 0.6 is 0 Å². The number of nitrogens with two attached hydrogens (primary N) is 1. The average Bonchev–Trinajstić information content (AvgIpc) is 2.27. The van der Waals surface area contributed by atoms with Crippen LogP contribution in [0.3, 0.4) is 0 Å². The van der Waals surface area contributed by atoms with Gasteiger partial charge in [-0.05, 0) is 26.0 Å². The zero-order chi connectivity index (χ0) is 12.0. The van der Waals surface area contributed by atoms with Crippen LogP contribution in [0, 0.1) is 6.92 Å². The molecule has 0 aromatic heterocycles. The standard InChI is InChI=1S/C13H20N2O/c1-3-15-13(16)8-12(9-14)11-6-4-10(2)5-7-11/h4-7,12H,3,8-9,14H2,1-2H3,(H,15,16). The molecule has 1 amide bonds. The fourth-order valence-electron chi connectivity index (χ4n) is 1.67. The topological polar surface area (TPSA) is 55.1 Å². The van der Waals surface area contributed by atoms with E-state index in [4.69, 9.17) is 5.73 Å². The highest BCUT2D eigenvalue weighted by Crippen LogP contribution is 2.18. The Bertz CT molecular complexity index is 332. The van der Waals surface area contributed by atoms with E-state index in [0.29, 0.717) is 19.5 Å². The first-order valence-electron chi connectivity index (χ1n) is 5.70. The van der Waals surface area contributed by atoms with Crippen LogP contribution in [0.2, 0.25) is 0 Å². The Morgan fingerprint density at radius 1 is 1.38 bits per heavy atom. The van der Waals surface area contributed by atoms with Crippen molar-refractivity contribution < 1.29 is 4.79 Å². The highest BCUT2D eigenvalue weighted by molar-refractivity contribution is 5.76. The number of rotatable bonds is 5. The first-order chi connectivity index (χ1) is 7.67. The number of carbonyl (C=O) groups is 1. The summed E-state index contributed by atoms with van der Waals surface area (Å²) in [5, 5.41) is 2.80. The first-order valence-corrected chi connectivity index (χ1v) is 5.70. The van der Waals surface area contributed by atoms with E-state index in [2.05, 4.69) is 17.4 Å². The van der Waals surface area contributed by atoms with E-state index >= 15 is 0 Å². The van der Waals surface area contributed by atoms with Crippen molar-refractivity contribution in [2.45, 2.75) is 26.2 Å². The van der Waals surface area contributed by atoms with Crippen LogP contribution in [-0.4, -0.2) is 19.0 Å². The Kier molecular flexibility index (Phi) is 4.99. The molecule has 0 saturated heterocycles. The van der Waals surface area contributed by atoms with E-state index in [9.17, 15) is 4.79 Å². The van der Waals surface area contributed by atoms with E-state index in [0.717, 1.165) is 5.56 Å². The monoisotopic (exact) mass is 220 g/mol. The number of carbonyl (C=O) groups excluding carboxylic acids is 1. The van der Waals surface area contributed by atoms with Gasteiger partial charge in [0, 0.05) is 18.9 Å². The van der Waals surface area contributed by atoms with Crippen molar-refractivity contribution in [1.29, 1.82) is 0 Å². The second-order valence-corrected chi connectivity index (χ2v) is 4.00. The molecule has 88 valence electrons. The molecule has 0 aliphatic rings. The van der Waals surface area contributed by atoms with E-state index < -0.39 is 0 Å². The number of amides is 1. The fourth-order valence-corrected chi connectivity index (χ4v) is 1.67. The van der Waals surface area contributed by atoms with Crippen LogP contribution in [0.15, 0.2) is 24.3 Å². The summed E-state index contributed by atoms with van der Waals surface area (Å²) in [6, 6.07) is 8.20. The second-order valence-electron chi connectivity index (χ2n) is 4.00. The molecule has 0 saturated carbocycles. The van der Waals surface area contributed by atoms with Crippen LogP contribution in [0.4, 0.5) is 0 Å². The van der Waals surface area contributed by atoms with E-state index in [-0.39, 0.29) is 11.8 Å². The highest BCUT2D eigenvalue weighted by Gasteiger charge is 2.13. The quantitative estimate of drug-likeness (QED) is 0.791. The predicted molar refractivity (Wildman–Crippen MR) is 66.3 cm³/mol. The van der Waals surface area contributed by atoms with Crippen molar-refractivity contribution in [3.63, 3.8) is 0 Å². The number of nitrogens with one attached hydrogen (secondary N) is 1. The molecule has 1 unspecified atom stereocenters. The molecular weight excluding hydrogens is 200 g/mol. The van der Waals surface area contributed by atoms with Crippen LogP contribution in [-0.2, 0) is 4.79 Å². The molecular formula is C13H20N2O. The maximum atomic E-state index is 11.5. The maximum absolute atomic E-state index is 11.5. The van der Waals surface area contributed by atoms with Gasteiger partial charge in [-0.15, -0.1) is 0 Å². The van der Waals surface area contributed by atoms with Crippen molar-refractivity contribution >= 4 is 5.91 Å². The Labute approximate surface area is 97.0 Å². The van der Waals surface area contributed by atoms with Gasteiger partial charge < -0.3 is 11.1 Å². The summed E-state index contributed by atoms with van der Waals surface area (Å²) in [4.78, 5) is 11.5. The first kappa shape index (κ1) is 12.7. The summed E-state index contributed by atoms with van der Waals surface area (Å²) in [5.74, 6) is 0.186. The molecule has 0 fully saturated rings. The van der Waals surface area contributed by atoms with Gasteiger partial charge >= 0.3 is 0 Å². The van der Waals surface area contributed by atoms with Crippen molar-refractivity contribution in [3.8, 4) is 0 Å². The minimum absolute atomic E-state index is 0.0681. The van der Waals surface area contributed by atoms with Crippen molar-refractivity contribution in [2.75, 3.05) is 13.1 Å². The number of benzene rings is 1. The molecule has 3 N–H and O–H groups in total. The van der Waals surface area contributed by atoms with Gasteiger partial charge in [0.05, 0.1) is 0 Å². The van der Waals surface area contributed by atoms with Crippen molar-refractivity contribution in [2.24, 2.45) is 5.73 Å². The number of aryl methyl sites for hydroxylation is 1. The van der Waals surface area contributed by atoms with Crippen LogP contribution in [0.25, 0.3) is 0 Å². The molecule has 1 aromatic carbocycles. The van der Waals surface area contributed by atoms with Gasteiger partial charge in [0.1, 0.15) is 0 Å². The molecule has 1 aromatic rings. The smallest absolute Gasteiger partial charge is 0.220 e. The normalized spacial score (nSPS) is 12.2. The molecule has 0 spiro atoms. The van der Waals surface area contributed by atoms with Gasteiger partial charge in [0.2, 0.25) is 5.91 Å². The summed E-state index contributed by atoms with van der Waals surface area (Å²) in [6.45, 7) is 5.14. The minimum Gasteiger partial charge on any atom is -0.356 e. The third-order valence-corrected chi connectivity index (χ3v) is 2.64. The molecule has 1 atom stereocenters. The second kappa shape index (κ2) is 6.28. The molecule has 0 aliphatic carbocycles. The molecule has 0 bridgehead atoms. The third kappa shape index (κ3) is 3.66. The fraction of sp³-hybridized carbons (Fsp3) is 0.462. The highest BCUT2D eigenvalue weighted by atomic mass is 16.1. The minimum atomic E-state index is 0.0681. The van der Waals surface area contributed by atoms with Crippen LogP contribution in [0.5, 0.6) is 0 Å². The van der Waals surface area contributed by atoms with E-state index in [1.807, 2.05) is 26.0 Å². The Morgan fingerprint density at radius 3 is 2.50 bits per heavy atom. The van der Waals surface area contributed by atoms with Crippen LogP contribution in [0.1, 0.15) is 30.4 Å². The summed E-state index contributed by atoms with van der Waals surface area (Å²) in [6.07, 6.45) is 0.466. The Balaban J connectivity index is 2.67. The zero-order valence-electron chi connectivity index (χ0n) is 9.99. The zero-order valence-corrected chi connectivity index (χ0v) is 9.99. The summed E-state index contributed by atoms with van der Waals surface area (Å²) < 4.78 is 0. The Hall–Kier alpha value is -1.35. The van der Waals surface area contributed by atoms with Gasteiger partial charge in [-0.3, -0.25) is 4.79 Å². The third-order valence-electron chi connectivity index (χ3n) is 2.64. The SMILES string of the molecule is CCNC(=O)CC(CN)c1ccc(C)cc1. The van der Waals surface area contributed by atoms with Crippen LogP contribution < -0.4 is 11.1 Å². The van der Waals surface area contributed by atoms with Gasteiger partial charge in [0.25, 0.3) is 0 Å². The van der Waals surface area contributed by atoms with Gasteiger partial charge in [0.15, 0.2) is 0 Å². The largest absolute Gasteiger partial charge is 0.356 e. The molecule has 3 heteroatoms. The number of hydrogen-bond acceptors (Lipinski definition) is 2. The van der Waals surface area contributed by atoms with Gasteiger partial charge in [-0.25, -0.2) is 0 Å². The van der Waals surface area contributed by atoms with Crippen molar-refractivity contribution in [3.05, 3.63) is 35.4 Å². The van der Waals surface area contributed by atoms with E-state index in [1.165, 1.54) is 5.56 Å². The lowest BCUT2D eigenvalue weighted by atomic mass is 9.95. The molecule has 0 heterocycles. The summed E-state index contributed by atoms with van der Waals surface area (Å²) in [7, 11) is 0. The average molecular weight is 220 g/mol. The molecule has 3 nitrogen and oxygen atoms in total.